The Morgan fingerprint density at radius 3 is 2.72 bits per heavy atom. The molecule has 7 nitrogen and oxygen atoms in total. The summed E-state index contributed by atoms with van der Waals surface area (Å²) in [5.41, 5.74) is 4.12. The lowest BCUT2D eigenvalue weighted by molar-refractivity contribution is -0.120. The molecule has 3 heterocycles. The Bertz CT molecular complexity index is 1140. The minimum absolute atomic E-state index is 0.0513. The maximum absolute atomic E-state index is 11.9. The van der Waals surface area contributed by atoms with E-state index in [2.05, 4.69) is 45.1 Å². The van der Waals surface area contributed by atoms with Gasteiger partial charge in [0.1, 0.15) is 18.1 Å². The lowest BCUT2D eigenvalue weighted by atomic mass is 10.1. The van der Waals surface area contributed by atoms with Crippen molar-refractivity contribution >= 4 is 28.2 Å². The first-order valence-electron chi connectivity index (χ1n) is 11.1. The second-order valence-electron chi connectivity index (χ2n) is 8.34. The van der Waals surface area contributed by atoms with Crippen molar-refractivity contribution in [3.63, 3.8) is 0 Å². The van der Waals surface area contributed by atoms with Crippen LogP contribution < -0.4 is 19.3 Å². The second kappa shape index (κ2) is 8.67. The normalized spacial score (nSPS) is 16.8. The highest BCUT2D eigenvalue weighted by atomic mass is 16.5. The molecule has 1 saturated heterocycles. The zero-order valence-electron chi connectivity index (χ0n) is 18.6. The van der Waals surface area contributed by atoms with E-state index >= 15 is 0 Å². The maximum atomic E-state index is 11.9. The number of hydrogen-bond donors (Lipinski definition) is 0. The third-order valence-electron chi connectivity index (χ3n) is 6.25. The van der Waals surface area contributed by atoms with Gasteiger partial charge in [-0.05, 0) is 43.3 Å². The number of fused-ring (bicyclic) bond motifs is 2. The average molecular weight is 433 g/mol. The molecule has 1 aromatic heterocycles. The van der Waals surface area contributed by atoms with Crippen LogP contribution in [0.3, 0.4) is 0 Å². The van der Waals surface area contributed by atoms with Gasteiger partial charge >= 0.3 is 0 Å². The predicted molar refractivity (Wildman–Crippen MR) is 126 cm³/mol. The number of carbonyl (C=O) groups excluding carboxylic acids is 1. The number of amides is 1. The van der Waals surface area contributed by atoms with E-state index in [0.717, 1.165) is 61.1 Å². The molecule has 0 spiro atoms. The molecule has 0 bridgehead atoms. The van der Waals surface area contributed by atoms with Crippen molar-refractivity contribution in [1.29, 1.82) is 0 Å². The second-order valence-corrected chi connectivity index (χ2v) is 8.34. The van der Waals surface area contributed by atoms with Crippen LogP contribution >= 0.6 is 0 Å². The first-order chi connectivity index (χ1) is 15.6. The minimum Gasteiger partial charge on any atom is -0.492 e. The molecule has 1 fully saturated rings. The number of rotatable bonds is 5. The first-order valence-corrected chi connectivity index (χ1v) is 11.1. The van der Waals surface area contributed by atoms with Crippen LogP contribution in [0.25, 0.3) is 10.9 Å². The van der Waals surface area contributed by atoms with E-state index in [9.17, 15) is 4.79 Å². The third-order valence-corrected chi connectivity index (χ3v) is 6.25. The SMILES string of the molecule is Cc1ccc2c(N3CCN(CCOc4ccc5c(c4)N(C)C(=O)CO5)CC3)cccc2n1. The number of ether oxygens (including phenoxy) is 2. The first kappa shape index (κ1) is 20.6. The van der Waals surface area contributed by atoms with Gasteiger partial charge < -0.3 is 19.3 Å². The molecular weight excluding hydrogens is 404 g/mol. The number of aromatic nitrogens is 1. The summed E-state index contributed by atoms with van der Waals surface area (Å²) in [4.78, 5) is 23.0. The van der Waals surface area contributed by atoms with Crippen LogP contribution in [0.15, 0.2) is 48.5 Å². The quantitative estimate of drug-likeness (QED) is 0.618. The van der Waals surface area contributed by atoms with Crippen molar-refractivity contribution in [1.82, 2.24) is 9.88 Å². The smallest absolute Gasteiger partial charge is 0.264 e. The van der Waals surface area contributed by atoms with E-state index < -0.39 is 0 Å². The molecule has 0 radical (unpaired) electrons. The Labute approximate surface area is 188 Å². The molecule has 3 aromatic rings. The highest BCUT2D eigenvalue weighted by molar-refractivity contribution is 5.97. The number of carbonyl (C=O) groups is 1. The minimum atomic E-state index is -0.0513. The number of anilines is 2. The van der Waals surface area contributed by atoms with Gasteiger partial charge in [-0.3, -0.25) is 14.7 Å². The van der Waals surface area contributed by atoms with Crippen LogP contribution in [0.4, 0.5) is 11.4 Å². The summed E-state index contributed by atoms with van der Waals surface area (Å²) in [5.74, 6) is 1.42. The Hall–Kier alpha value is -3.32. The summed E-state index contributed by atoms with van der Waals surface area (Å²) in [7, 11) is 1.76. The van der Waals surface area contributed by atoms with Crippen LogP contribution in [0.5, 0.6) is 11.5 Å². The van der Waals surface area contributed by atoms with E-state index in [1.807, 2.05) is 25.1 Å². The molecule has 1 amide bonds. The van der Waals surface area contributed by atoms with Gasteiger partial charge in [0.05, 0.1) is 11.2 Å². The molecule has 0 unspecified atom stereocenters. The number of pyridine rings is 1. The Kier molecular flexibility index (Phi) is 5.57. The zero-order chi connectivity index (χ0) is 22.1. The highest BCUT2D eigenvalue weighted by Gasteiger charge is 2.23. The van der Waals surface area contributed by atoms with Crippen molar-refractivity contribution in [2.45, 2.75) is 6.92 Å². The van der Waals surface area contributed by atoms with Crippen molar-refractivity contribution in [3.05, 3.63) is 54.2 Å². The van der Waals surface area contributed by atoms with Crippen LogP contribution in [0.2, 0.25) is 0 Å². The Morgan fingerprint density at radius 2 is 1.88 bits per heavy atom. The van der Waals surface area contributed by atoms with Gasteiger partial charge in [0, 0.05) is 62.6 Å². The largest absolute Gasteiger partial charge is 0.492 e. The zero-order valence-corrected chi connectivity index (χ0v) is 18.6. The van der Waals surface area contributed by atoms with Gasteiger partial charge in [0.15, 0.2) is 6.61 Å². The summed E-state index contributed by atoms with van der Waals surface area (Å²) < 4.78 is 11.5. The number of aryl methyl sites for hydroxylation is 1. The molecule has 5 rings (SSSR count). The number of benzene rings is 2. The maximum Gasteiger partial charge on any atom is 0.264 e. The van der Waals surface area contributed by atoms with Crippen molar-refractivity contribution < 1.29 is 14.3 Å². The molecular formula is C25H28N4O3. The summed E-state index contributed by atoms with van der Waals surface area (Å²) in [6.45, 7) is 7.54. The van der Waals surface area contributed by atoms with E-state index in [-0.39, 0.29) is 12.5 Å². The van der Waals surface area contributed by atoms with Gasteiger partial charge in [-0.25, -0.2) is 0 Å². The molecule has 0 N–H and O–H groups in total. The Morgan fingerprint density at radius 1 is 1.03 bits per heavy atom. The summed E-state index contributed by atoms with van der Waals surface area (Å²) >= 11 is 0. The molecule has 0 aliphatic carbocycles. The van der Waals surface area contributed by atoms with E-state index in [1.54, 1.807) is 11.9 Å². The molecule has 32 heavy (non-hydrogen) atoms. The highest BCUT2D eigenvalue weighted by Crippen LogP contribution is 2.34. The number of hydrogen-bond acceptors (Lipinski definition) is 6. The van der Waals surface area contributed by atoms with Crippen LogP contribution in [0, 0.1) is 6.92 Å². The van der Waals surface area contributed by atoms with Crippen LogP contribution in [-0.4, -0.2) is 68.8 Å². The third kappa shape index (κ3) is 4.08. The lowest BCUT2D eigenvalue weighted by Crippen LogP contribution is -2.47. The van der Waals surface area contributed by atoms with Crippen molar-refractivity contribution in [3.8, 4) is 11.5 Å². The molecule has 0 atom stereocenters. The molecule has 2 aliphatic heterocycles. The van der Waals surface area contributed by atoms with E-state index in [4.69, 9.17) is 9.47 Å². The number of nitrogens with zero attached hydrogens (tertiary/aromatic N) is 4. The molecule has 7 heteroatoms. The molecule has 2 aromatic carbocycles. The van der Waals surface area contributed by atoms with Gasteiger partial charge in [-0.15, -0.1) is 0 Å². The predicted octanol–water partition coefficient (Wildman–Crippen LogP) is 3.10. The van der Waals surface area contributed by atoms with Crippen molar-refractivity contribution in [2.24, 2.45) is 0 Å². The average Bonchev–Trinajstić information content (AvgIpc) is 2.81. The van der Waals surface area contributed by atoms with Crippen LogP contribution in [0.1, 0.15) is 5.69 Å². The molecule has 0 saturated carbocycles. The summed E-state index contributed by atoms with van der Waals surface area (Å²) in [5, 5.41) is 1.22. The van der Waals surface area contributed by atoms with E-state index in [0.29, 0.717) is 6.61 Å². The van der Waals surface area contributed by atoms with Gasteiger partial charge in [0.25, 0.3) is 5.91 Å². The monoisotopic (exact) mass is 432 g/mol. The standard InChI is InChI=1S/C25H28N4O3/c1-18-6-8-20-21(26-18)4-3-5-22(20)29-12-10-28(11-13-29)14-15-31-19-7-9-24-23(16-19)27(2)25(30)17-32-24/h3-9,16H,10-15,17H2,1-2H3. The van der Waals surface area contributed by atoms with Crippen molar-refractivity contribution in [2.75, 3.05) is 62.8 Å². The van der Waals surface area contributed by atoms with Crippen LogP contribution in [-0.2, 0) is 4.79 Å². The van der Waals surface area contributed by atoms with Gasteiger partial charge in [-0.2, -0.15) is 0 Å². The Balaban J connectivity index is 1.15. The fraction of sp³-hybridized carbons (Fsp3) is 0.360. The van der Waals surface area contributed by atoms with E-state index in [1.165, 1.54) is 11.1 Å². The lowest BCUT2D eigenvalue weighted by Gasteiger charge is -2.36. The number of piperazine rings is 1. The topological polar surface area (TPSA) is 58.1 Å². The molecule has 166 valence electrons. The summed E-state index contributed by atoms with van der Waals surface area (Å²) in [6.07, 6.45) is 0. The summed E-state index contributed by atoms with van der Waals surface area (Å²) in [6, 6.07) is 16.3. The fourth-order valence-electron chi connectivity index (χ4n) is 4.36. The fourth-order valence-corrected chi connectivity index (χ4v) is 4.36. The molecule has 2 aliphatic rings. The van der Waals surface area contributed by atoms with Gasteiger partial charge in [0.2, 0.25) is 0 Å². The number of likely N-dealkylation sites (N-methyl/N-ethyl adjacent to an activating group) is 1. The van der Waals surface area contributed by atoms with Gasteiger partial charge in [-0.1, -0.05) is 6.07 Å².